The van der Waals surface area contributed by atoms with Crippen molar-refractivity contribution >= 4 is 5.97 Å². The second-order valence-corrected chi connectivity index (χ2v) is 12.8. The van der Waals surface area contributed by atoms with Gasteiger partial charge < -0.3 is 14.2 Å². The Balaban J connectivity index is 1.31. The van der Waals surface area contributed by atoms with Crippen LogP contribution >= 0.6 is 0 Å². The smallest absolute Gasteiger partial charge is 0.309 e. The van der Waals surface area contributed by atoms with E-state index >= 15 is 4.39 Å². The molecule has 0 radical (unpaired) electrons. The number of nitrogens with zero attached hydrogens (tertiary/aromatic N) is 1. The number of halogens is 1. The molecule has 0 saturated heterocycles. The molecule has 2 fully saturated rings. The first kappa shape index (κ1) is 27.7. The molecular weight excluding hydrogens is 517 g/mol. The van der Waals surface area contributed by atoms with Crippen LogP contribution in [-0.4, -0.2) is 25.2 Å². The van der Waals surface area contributed by atoms with Crippen LogP contribution in [0.5, 0.6) is 11.6 Å². The lowest BCUT2D eigenvalue weighted by molar-refractivity contribution is -0.153. The molecule has 0 aliphatic heterocycles. The van der Waals surface area contributed by atoms with Gasteiger partial charge in [0.2, 0.25) is 5.88 Å². The first-order chi connectivity index (χ1) is 19.8. The molecule has 3 atom stereocenters. The molecule has 1 aromatic heterocycles. The number of aryl methyl sites for hydroxylation is 1. The van der Waals surface area contributed by atoms with E-state index in [0.29, 0.717) is 24.0 Å². The summed E-state index contributed by atoms with van der Waals surface area (Å²) in [4.78, 5) is 16.6. The van der Waals surface area contributed by atoms with Crippen molar-refractivity contribution in [3.05, 3.63) is 76.7 Å². The van der Waals surface area contributed by atoms with E-state index in [4.69, 9.17) is 14.2 Å². The van der Waals surface area contributed by atoms with Crippen molar-refractivity contribution in [3.63, 3.8) is 0 Å². The fourth-order valence-corrected chi connectivity index (χ4v) is 7.84. The van der Waals surface area contributed by atoms with E-state index in [1.165, 1.54) is 24.4 Å². The number of benzene rings is 2. The van der Waals surface area contributed by atoms with Crippen LogP contribution in [0.4, 0.5) is 4.39 Å². The molecule has 0 N–H and O–H groups in total. The molecule has 3 aliphatic rings. The molecule has 1 heterocycles. The maximum Gasteiger partial charge on any atom is 0.309 e. The second kappa shape index (κ2) is 10.8. The fraction of sp³-hybridized carbons (Fsp3) is 0.486. The van der Waals surface area contributed by atoms with Gasteiger partial charge in [-0.25, -0.2) is 9.37 Å². The Hall–Kier alpha value is -3.41. The minimum absolute atomic E-state index is 0.0705. The molecule has 6 rings (SSSR count). The Morgan fingerprint density at radius 3 is 2.56 bits per heavy atom. The van der Waals surface area contributed by atoms with Crippen LogP contribution in [0.2, 0.25) is 0 Å². The molecular formula is C35H40FNO4. The van der Waals surface area contributed by atoms with Crippen molar-refractivity contribution < 1.29 is 23.4 Å². The molecule has 41 heavy (non-hydrogen) atoms. The molecule has 216 valence electrons. The molecule has 0 amide bonds. The van der Waals surface area contributed by atoms with Crippen LogP contribution in [0.15, 0.2) is 48.7 Å². The average Bonchev–Trinajstić information content (AvgIpc) is 3.33. The number of fused-ring (bicyclic) bond motifs is 2. The number of esters is 1. The average molecular weight is 558 g/mol. The largest absolute Gasteiger partial charge is 0.489 e. The normalized spacial score (nSPS) is 24.4. The standard InChI is InChI=1S/C35H40FNO4/c1-34(2)14-6-8-28(34)26-17-22(9-12-25(26)27-19-32(39-3)37-20-31(27)36)21-41-24-11-10-23-7-5-15-35(30(23)18-24)16-13-29(35)33(38)40-4/h9-12,17-20,28-29H,5-8,13-16,21H2,1-4H3/t28-,29-,35-/m0/s1. The minimum atomic E-state index is -0.351. The molecule has 6 heteroatoms. The third kappa shape index (κ3) is 4.89. The van der Waals surface area contributed by atoms with Crippen molar-refractivity contribution in [3.8, 4) is 22.8 Å². The van der Waals surface area contributed by atoms with Gasteiger partial charge in [0.15, 0.2) is 0 Å². The zero-order valence-corrected chi connectivity index (χ0v) is 24.6. The SMILES string of the molecule is COC(=O)[C@@H]1CC[C@@]12CCCc1ccc(OCc3ccc(-c4cc(OC)ncc4F)c([C@@H]4CCCC4(C)C)c3)cc12. The second-order valence-electron chi connectivity index (χ2n) is 12.8. The van der Waals surface area contributed by atoms with Crippen LogP contribution in [0.3, 0.4) is 0 Å². The van der Waals surface area contributed by atoms with Crippen LogP contribution < -0.4 is 9.47 Å². The van der Waals surface area contributed by atoms with Gasteiger partial charge in [-0.3, -0.25) is 4.79 Å². The number of hydrogen-bond acceptors (Lipinski definition) is 5. The number of pyridine rings is 1. The van der Waals surface area contributed by atoms with E-state index in [0.717, 1.165) is 73.8 Å². The van der Waals surface area contributed by atoms with Gasteiger partial charge in [-0.05, 0) is 96.2 Å². The minimum Gasteiger partial charge on any atom is -0.489 e. The summed E-state index contributed by atoms with van der Waals surface area (Å²) < 4.78 is 32.0. The highest BCUT2D eigenvalue weighted by Crippen LogP contribution is 2.56. The van der Waals surface area contributed by atoms with Gasteiger partial charge in [0, 0.05) is 17.0 Å². The molecule has 0 unspecified atom stereocenters. The lowest BCUT2D eigenvalue weighted by Crippen LogP contribution is -2.50. The summed E-state index contributed by atoms with van der Waals surface area (Å²) in [7, 11) is 3.04. The van der Waals surface area contributed by atoms with E-state index in [2.05, 4.69) is 43.1 Å². The van der Waals surface area contributed by atoms with Crippen molar-refractivity contribution in [1.82, 2.24) is 4.98 Å². The van der Waals surface area contributed by atoms with Gasteiger partial charge in [0.05, 0.1) is 26.3 Å². The number of carbonyl (C=O) groups is 1. The third-order valence-corrected chi connectivity index (χ3v) is 10.2. The van der Waals surface area contributed by atoms with Gasteiger partial charge in [0.1, 0.15) is 18.2 Å². The maximum atomic E-state index is 15.1. The van der Waals surface area contributed by atoms with Crippen LogP contribution in [0.25, 0.3) is 11.1 Å². The quantitative estimate of drug-likeness (QED) is 0.276. The Morgan fingerprint density at radius 2 is 1.85 bits per heavy atom. The van der Waals surface area contributed by atoms with E-state index in [9.17, 15) is 4.79 Å². The number of hydrogen-bond donors (Lipinski definition) is 0. The highest BCUT2D eigenvalue weighted by atomic mass is 19.1. The number of ether oxygens (including phenoxy) is 3. The maximum absolute atomic E-state index is 15.1. The third-order valence-electron chi connectivity index (χ3n) is 10.2. The van der Waals surface area contributed by atoms with Crippen molar-refractivity contribution in [2.24, 2.45) is 11.3 Å². The van der Waals surface area contributed by atoms with E-state index < -0.39 is 0 Å². The van der Waals surface area contributed by atoms with Crippen molar-refractivity contribution in [2.75, 3.05) is 14.2 Å². The van der Waals surface area contributed by atoms with Crippen LogP contribution in [0.1, 0.15) is 87.0 Å². The van der Waals surface area contributed by atoms with Crippen molar-refractivity contribution in [2.45, 2.75) is 83.2 Å². The summed E-state index contributed by atoms with van der Waals surface area (Å²) in [6.07, 6.45) is 9.65. The number of methoxy groups -OCH3 is 2. The van der Waals surface area contributed by atoms with Gasteiger partial charge in [-0.1, -0.05) is 44.5 Å². The zero-order chi connectivity index (χ0) is 28.8. The predicted molar refractivity (Wildman–Crippen MR) is 157 cm³/mol. The number of carbonyl (C=O) groups excluding carboxylic acids is 1. The number of aromatic nitrogens is 1. The topological polar surface area (TPSA) is 57.7 Å². The predicted octanol–water partition coefficient (Wildman–Crippen LogP) is 7.93. The summed E-state index contributed by atoms with van der Waals surface area (Å²) >= 11 is 0. The lowest BCUT2D eigenvalue weighted by atomic mass is 9.52. The van der Waals surface area contributed by atoms with Gasteiger partial charge >= 0.3 is 5.97 Å². The van der Waals surface area contributed by atoms with Gasteiger partial charge in [0.25, 0.3) is 0 Å². The molecule has 2 saturated carbocycles. The Kier molecular flexibility index (Phi) is 7.29. The highest BCUT2D eigenvalue weighted by molar-refractivity contribution is 5.76. The summed E-state index contributed by atoms with van der Waals surface area (Å²) in [6, 6.07) is 14.3. The van der Waals surface area contributed by atoms with Crippen LogP contribution in [0, 0.1) is 17.2 Å². The molecule has 3 aromatic rings. The fourth-order valence-electron chi connectivity index (χ4n) is 7.84. The Morgan fingerprint density at radius 1 is 1.00 bits per heavy atom. The first-order valence-electron chi connectivity index (χ1n) is 14.9. The molecule has 1 spiro atoms. The summed E-state index contributed by atoms with van der Waals surface area (Å²) in [6.45, 7) is 5.03. The van der Waals surface area contributed by atoms with Crippen LogP contribution in [-0.2, 0) is 28.0 Å². The first-order valence-corrected chi connectivity index (χ1v) is 14.9. The van der Waals surface area contributed by atoms with Gasteiger partial charge in [-0.15, -0.1) is 0 Å². The van der Waals surface area contributed by atoms with E-state index in [1.54, 1.807) is 13.2 Å². The molecule has 0 bridgehead atoms. The van der Waals surface area contributed by atoms with E-state index in [-0.39, 0.29) is 28.5 Å². The number of rotatable bonds is 7. The molecule has 2 aromatic carbocycles. The zero-order valence-electron chi connectivity index (χ0n) is 24.6. The Labute approximate surface area is 242 Å². The monoisotopic (exact) mass is 557 g/mol. The van der Waals surface area contributed by atoms with Crippen molar-refractivity contribution in [1.29, 1.82) is 0 Å². The highest BCUT2D eigenvalue weighted by Gasteiger charge is 2.53. The summed E-state index contributed by atoms with van der Waals surface area (Å²) in [5.74, 6) is 1.01. The summed E-state index contributed by atoms with van der Waals surface area (Å²) in [5, 5.41) is 0. The Bertz CT molecular complexity index is 1470. The lowest BCUT2D eigenvalue weighted by Gasteiger charge is -2.51. The summed E-state index contributed by atoms with van der Waals surface area (Å²) in [5.41, 5.74) is 6.18. The molecule has 5 nitrogen and oxygen atoms in total. The van der Waals surface area contributed by atoms with Gasteiger partial charge in [-0.2, -0.15) is 0 Å². The van der Waals surface area contributed by atoms with E-state index in [1.807, 2.05) is 12.1 Å². The molecule has 3 aliphatic carbocycles.